The standard InChI is InChI=1S/C14H24BrN3/c1-3-9-18-12(11(15)10-17-18)13(16)14(4-2)7-5-6-8-14/h10,13H,3-9,16H2,1-2H3. The number of aromatic nitrogens is 2. The van der Waals surface area contributed by atoms with Gasteiger partial charge in [-0.15, -0.1) is 0 Å². The first-order chi connectivity index (χ1) is 8.64. The van der Waals surface area contributed by atoms with Crippen LogP contribution in [0, 0.1) is 5.41 Å². The fourth-order valence-electron chi connectivity index (χ4n) is 3.32. The van der Waals surface area contributed by atoms with Gasteiger partial charge in [-0.1, -0.05) is 26.7 Å². The van der Waals surface area contributed by atoms with Gasteiger partial charge in [-0.2, -0.15) is 5.10 Å². The highest BCUT2D eigenvalue weighted by atomic mass is 79.9. The summed E-state index contributed by atoms with van der Waals surface area (Å²) in [6, 6.07) is 0.105. The Morgan fingerprint density at radius 2 is 2.11 bits per heavy atom. The smallest absolute Gasteiger partial charge is 0.0699 e. The van der Waals surface area contributed by atoms with Crippen molar-refractivity contribution in [2.45, 2.75) is 65.0 Å². The molecule has 102 valence electrons. The van der Waals surface area contributed by atoms with Crippen LogP contribution in [0.15, 0.2) is 10.7 Å². The summed E-state index contributed by atoms with van der Waals surface area (Å²) in [7, 11) is 0. The first-order valence-electron chi connectivity index (χ1n) is 7.11. The van der Waals surface area contributed by atoms with Crippen molar-refractivity contribution < 1.29 is 0 Å². The monoisotopic (exact) mass is 313 g/mol. The van der Waals surface area contributed by atoms with Crippen LogP contribution in [0.5, 0.6) is 0 Å². The van der Waals surface area contributed by atoms with Crippen molar-refractivity contribution in [3.63, 3.8) is 0 Å². The van der Waals surface area contributed by atoms with Gasteiger partial charge in [0.15, 0.2) is 0 Å². The minimum Gasteiger partial charge on any atom is -0.322 e. The van der Waals surface area contributed by atoms with Crippen LogP contribution in [0.4, 0.5) is 0 Å². The summed E-state index contributed by atoms with van der Waals surface area (Å²) >= 11 is 3.62. The van der Waals surface area contributed by atoms with E-state index < -0.39 is 0 Å². The number of halogens is 1. The molecular formula is C14H24BrN3. The highest BCUT2D eigenvalue weighted by Crippen LogP contribution is 2.49. The predicted molar refractivity (Wildman–Crippen MR) is 78.3 cm³/mol. The van der Waals surface area contributed by atoms with Crippen molar-refractivity contribution in [1.29, 1.82) is 0 Å². The van der Waals surface area contributed by atoms with Crippen molar-refractivity contribution in [1.82, 2.24) is 9.78 Å². The van der Waals surface area contributed by atoms with Gasteiger partial charge in [0.1, 0.15) is 0 Å². The Hall–Kier alpha value is -0.350. The Morgan fingerprint density at radius 1 is 1.44 bits per heavy atom. The van der Waals surface area contributed by atoms with Gasteiger partial charge in [0, 0.05) is 6.54 Å². The molecule has 0 spiro atoms. The fourth-order valence-corrected chi connectivity index (χ4v) is 3.87. The van der Waals surface area contributed by atoms with E-state index in [0.29, 0.717) is 0 Å². The summed E-state index contributed by atoms with van der Waals surface area (Å²) < 4.78 is 3.16. The molecule has 0 bridgehead atoms. The molecule has 0 aliphatic heterocycles. The van der Waals surface area contributed by atoms with Gasteiger partial charge < -0.3 is 5.73 Å². The van der Waals surface area contributed by atoms with Crippen molar-refractivity contribution in [3.05, 3.63) is 16.4 Å². The van der Waals surface area contributed by atoms with E-state index in [4.69, 9.17) is 5.73 Å². The van der Waals surface area contributed by atoms with Crippen LogP contribution in [0.25, 0.3) is 0 Å². The lowest BCUT2D eigenvalue weighted by Crippen LogP contribution is -2.33. The molecule has 1 heterocycles. The molecule has 1 aliphatic rings. The second-order valence-corrected chi connectivity index (χ2v) is 6.36. The van der Waals surface area contributed by atoms with Gasteiger partial charge in [0.2, 0.25) is 0 Å². The SMILES string of the molecule is CCCn1ncc(Br)c1C(N)C1(CC)CCCC1. The maximum atomic E-state index is 6.63. The van der Waals surface area contributed by atoms with E-state index in [2.05, 4.69) is 39.6 Å². The number of nitrogens with zero attached hydrogens (tertiary/aromatic N) is 2. The number of nitrogens with two attached hydrogens (primary N) is 1. The van der Waals surface area contributed by atoms with E-state index in [1.54, 1.807) is 0 Å². The van der Waals surface area contributed by atoms with Gasteiger partial charge in [0.25, 0.3) is 0 Å². The average Bonchev–Trinajstić information content (AvgIpc) is 2.97. The minimum absolute atomic E-state index is 0.105. The van der Waals surface area contributed by atoms with Crippen LogP contribution in [-0.4, -0.2) is 9.78 Å². The summed E-state index contributed by atoms with van der Waals surface area (Å²) in [6.07, 6.45) is 9.30. The first-order valence-corrected chi connectivity index (χ1v) is 7.90. The van der Waals surface area contributed by atoms with Crippen LogP contribution < -0.4 is 5.73 Å². The highest BCUT2D eigenvalue weighted by Gasteiger charge is 2.40. The normalized spacial score (nSPS) is 20.2. The molecule has 1 aromatic rings. The maximum absolute atomic E-state index is 6.63. The molecule has 1 unspecified atom stereocenters. The van der Waals surface area contributed by atoms with E-state index >= 15 is 0 Å². The highest BCUT2D eigenvalue weighted by molar-refractivity contribution is 9.10. The van der Waals surface area contributed by atoms with Crippen molar-refractivity contribution in [3.8, 4) is 0 Å². The van der Waals surface area contributed by atoms with Gasteiger partial charge in [-0.3, -0.25) is 4.68 Å². The second-order valence-electron chi connectivity index (χ2n) is 5.50. The van der Waals surface area contributed by atoms with Crippen LogP contribution in [0.1, 0.15) is 64.1 Å². The quantitative estimate of drug-likeness (QED) is 0.892. The van der Waals surface area contributed by atoms with Crippen LogP contribution in [0.3, 0.4) is 0 Å². The topological polar surface area (TPSA) is 43.8 Å². The Labute approximate surface area is 118 Å². The largest absolute Gasteiger partial charge is 0.322 e. The Kier molecular flexibility index (Phi) is 4.49. The van der Waals surface area contributed by atoms with E-state index in [9.17, 15) is 0 Å². The molecular weight excluding hydrogens is 290 g/mol. The van der Waals surface area contributed by atoms with Crippen molar-refractivity contribution >= 4 is 15.9 Å². The molecule has 0 aromatic carbocycles. The minimum atomic E-state index is 0.105. The first kappa shape index (κ1) is 14.1. The summed E-state index contributed by atoms with van der Waals surface area (Å²) in [5, 5.41) is 4.45. The van der Waals surface area contributed by atoms with Crippen LogP contribution in [0.2, 0.25) is 0 Å². The lowest BCUT2D eigenvalue weighted by atomic mass is 9.75. The predicted octanol–water partition coefficient (Wildman–Crippen LogP) is 4.03. The Morgan fingerprint density at radius 3 is 2.67 bits per heavy atom. The molecule has 0 amide bonds. The van der Waals surface area contributed by atoms with E-state index in [0.717, 1.165) is 23.9 Å². The number of hydrogen-bond donors (Lipinski definition) is 1. The van der Waals surface area contributed by atoms with Crippen molar-refractivity contribution in [2.24, 2.45) is 11.1 Å². The number of hydrogen-bond acceptors (Lipinski definition) is 2. The molecule has 1 aliphatic carbocycles. The molecule has 0 radical (unpaired) electrons. The molecule has 1 aromatic heterocycles. The zero-order valence-corrected chi connectivity index (χ0v) is 13.0. The second kappa shape index (κ2) is 5.74. The van der Waals surface area contributed by atoms with Crippen molar-refractivity contribution in [2.75, 3.05) is 0 Å². The van der Waals surface area contributed by atoms with E-state index in [1.807, 2.05) is 6.20 Å². The molecule has 0 saturated heterocycles. The molecule has 4 heteroatoms. The molecule has 1 fully saturated rings. The van der Waals surface area contributed by atoms with Gasteiger partial charge in [-0.05, 0) is 47.0 Å². The summed E-state index contributed by atoms with van der Waals surface area (Å²) in [4.78, 5) is 0. The zero-order chi connectivity index (χ0) is 13.2. The van der Waals surface area contributed by atoms with Gasteiger partial charge in [-0.25, -0.2) is 0 Å². The maximum Gasteiger partial charge on any atom is 0.0699 e. The third-order valence-electron chi connectivity index (χ3n) is 4.53. The molecule has 18 heavy (non-hydrogen) atoms. The molecule has 2 N–H and O–H groups in total. The summed E-state index contributed by atoms with van der Waals surface area (Å²) in [5.41, 5.74) is 8.11. The van der Waals surface area contributed by atoms with Gasteiger partial charge in [0.05, 0.1) is 22.4 Å². The Balaban J connectivity index is 2.32. The average molecular weight is 314 g/mol. The molecule has 2 rings (SSSR count). The van der Waals surface area contributed by atoms with Crippen LogP contribution >= 0.6 is 15.9 Å². The third-order valence-corrected chi connectivity index (χ3v) is 5.14. The fraction of sp³-hybridized carbons (Fsp3) is 0.786. The zero-order valence-electron chi connectivity index (χ0n) is 11.5. The van der Waals surface area contributed by atoms with Crippen LogP contribution in [-0.2, 0) is 6.54 Å². The third kappa shape index (κ3) is 2.37. The van der Waals surface area contributed by atoms with Gasteiger partial charge >= 0.3 is 0 Å². The van der Waals surface area contributed by atoms with E-state index in [1.165, 1.54) is 31.4 Å². The summed E-state index contributed by atoms with van der Waals surface area (Å²) in [6.45, 7) is 5.41. The lowest BCUT2D eigenvalue weighted by molar-refractivity contribution is 0.212. The number of rotatable bonds is 5. The molecule has 1 saturated carbocycles. The summed E-state index contributed by atoms with van der Waals surface area (Å²) in [5.74, 6) is 0. The molecule has 3 nitrogen and oxygen atoms in total. The van der Waals surface area contributed by atoms with E-state index in [-0.39, 0.29) is 11.5 Å². The number of aryl methyl sites for hydroxylation is 1. The lowest BCUT2D eigenvalue weighted by Gasteiger charge is -2.35. The molecule has 1 atom stereocenters. The Bertz CT molecular complexity index is 394.